The van der Waals surface area contributed by atoms with Crippen molar-refractivity contribution in [1.29, 1.82) is 0 Å². The van der Waals surface area contributed by atoms with E-state index in [4.69, 9.17) is 14.2 Å². The normalized spacial score (nSPS) is 34.5. The number of hydrogen-bond acceptors (Lipinski definition) is 8. The number of aromatic nitrogens is 3. The molecule has 0 N–H and O–H groups in total. The van der Waals surface area contributed by atoms with E-state index in [0.717, 1.165) is 10.5 Å². The molecule has 2 saturated heterocycles. The summed E-state index contributed by atoms with van der Waals surface area (Å²) < 4.78 is 20.5. The van der Waals surface area contributed by atoms with E-state index in [2.05, 4.69) is 15.1 Å². The molecule has 3 heterocycles. The summed E-state index contributed by atoms with van der Waals surface area (Å²) in [6.45, 7) is 10.5. The Kier molecular flexibility index (Phi) is 5.25. The summed E-state index contributed by atoms with van der Waals surface area (Å²) in [7, 11) is 0. The maximum atomic E-state index is 6.29. The second kappa shape index (κ2) is 6.84. The largest absolute Gasteiger partial charge is 0.347 e. The van der Waals surface area contributed by atoms with Crippen molar-refractivity contribution in [2.45, 2.75) is 74.6 Å². The third-order valence-corrected chi connectivity index (χ3v) is 5.61. The lowest BCUT2D eigenvalue weighted by molar-refractivity contribution is -0.216. The first-order chi connectivity index (χ1) is 11.8. The van der Waals surface area contributed by atoms with Gasteiger partial charge in [0.15, 0.2) is 17.5 Å². The average molecular weight is 387 g/mol. The quantitative estimate of drug-likeness (QED) is 0.736. The van der Waals surface area contributed by atoms with Crippen LogP contribution in [0.1, 0.15) is 40.8 Å². The van der Waals surface area contributed by atoms with Crippen LogP contribution >= 0.6 is 23.5 Å². The van der Waals surface area contributed by atoms with E-state index in [1.807, 2.05) is 51.8 Å². The SMILES string of the molecule is CCN=c1c(SC)nc(SC)nn1C1OC(C)[C@H]2OC(C)(C)O[C@@]12C. The Morgan fingerprint density at radius 2 is 1.96 bits per heavy atom. The second-order valence-electron chi connectivity index (χ2n) is 6.77. The third-order valence-electron chi connectivity index (χ3n) is 4.41. The fourth-order valence-corrected chi connectivity index (χ4v) is 4.50. The summed E-state index contributed by atoms with van der Waals surface area (Å²) in [5.41, 5.74) is 0.0749. The first-order valence-electron chi connectivity index (χ1n) is 8.38. The Labute approximate surface area is 156 Å². The Hall–Kier alpha value is -0.610. The van der Waals surface area contributed by atoms with Crippen LogP contribution in [0.2, 0.25) is 0 Å². The predicted molar refractivity (Wildman–Crippen MR) is 97.7 cm³/mol. The van der Waals surface area contributed by atoms with E-state index in [9.17, 15) is 0 Å². The smallest absolute Gasteiger partial charge is 0.207 e. The van der Waals surface area contributed by atoms with Gasteiger partial charge >= 0.3 is 0 Å². The molecule has 0 aliphatic carbocycles. The van der Waals surface area contributed by atoms with Crippen LogP contribution in [0.25, 0.3) is 0 Å². The molecule has 0 bridgehead atoms. The number of hydrogen-bond donors (Lipinski definition) is 0. The van der Waals surface area contributed by atoms with Crippen LogP contribution in [-0.4, -0.2) is 57.4 Å². The highest BCUT2D eigenvalue weighted by atomic mass is 32.2. The average Bonchev–Trinajstić information content (AvgIpc) is 2.94. The van der Waals surface area contributed by atoms with E-state index >= 15 is 0 Å². The summed E-state index contributed by atoms with van der Waals surface area (Å²) in [6.07, 6.45) is 3.25. The second-order valence-corrected chi connectivity index (χ2v) is 8.34. The van der Waals surface area contributed by atoms with Crippen molar-refractivity contribution in [3.63, 3.8) is 0 Å². The van der Waals surface area contributed by atoms with Crippen molar-refractivity contribution in [1.82, 2.24) is 14.8 Å². The molecular formula is C16H26N4O3S2. The molecule has 0 radical (unpaired) electrons. The van der Waals surface area contributed by atoms with E-state index in [-0.39, 0.29) is 12.2 Å². The van der Waals surface area contributed by atoms with Crippen LogP contribution in [0, 0.1) is 0 Å². The Bertz CT molecular complexity index is 724. The number of thioether (sulfide) groups is 2. The first-order valence-corrected chi connectivity index (χ1v) is 10.8. The Morgan fingerprint density at radius 1 is 1.24 bits per heavy atom. The minimum Gasteiger partial charge on any atom is -0.347 e. The van der Waals surface area contributed by atoms with Gasteiger partial charge in [-0.25, -0.2) is 9.67 Å². The number of rotatable bonds is 4. The summed E-state index contributed by atoms with van der Waals surface area (Å²) >= 11 is 3.05. The minimum absolute atomic E-state index is 0.107. The minimum atomic E-state index is -0.657. The standard InChI is InChI=1S/C16H26N4O3S2/c1-8-17-11-12(24-6)18-14(25-7)19-20(11)13-16(5)10(9(2)21-13)22-15(3,4)23-16/h9-10,13H,8H2,1-7H3/t9?,10-,13?,16-/m1/s1. The number of ether oxygens (including phenoxy) is 3. The van der Waals surface area contributed by atoms with Crippen LogP contribution in [0.3, 0.4) is 0 Å². The summed E-state index contributed by atoms with van der Waals surface area (Å²) in [6, 6.07) is 0. The zero-order valence-corrected chi connectivity index (χ0v) is 17.4. The third kappa shape index (κ3) is 3.25. The maximum absolute atomic E-state index is 6.29. The molecule has 1 aromatic rings. The van der Waals surface area contributed by atoms with Crippen LogP contribution in [0.5, 0.6) is 0 Å². The van der Waals surface area contributed by atoms with Crippen molar-refractivity contribution >= 4 is 23.5 Å². The van der Waals surface area contributed by atoms with Crippen molar-refractivity contribution in [3.05, 3.63) is 5.49 Å². The summed E-state index contributed by atoms with van der Waals surface area (Å²) in [5, 5.41) is 6.21. The van der Waals surface area contributed by atoms with Gasteiger partial charge in [0.2, 0.25) is 5.16 Å². The number of fused-ring (bicyclic) bond motifs is 1. The zero-order valence-electron chi connectivity index (χ0n) is 15.8. The molecule has 0 amide bonds. The topological polar surface area (TPSA) is 70.8 Å². The molecule has 0 spiro atoms. The monoisotopic (exact) mass is 386 g/mol. The lowest BCUT2D eigenvalue weighted by Gasteiger charge is -2.30. The van der Waals surface area contributed by atoms with Crippen molar-refractivity contribution in [3.8, 4) is 0 Å². The molecule has 4 atom stereocenters. The molecule has 9 heteroatoms. The van der Waals surface area contributed by atoms with Gasteiger partial charge < -0.3 is 14.2 Å². The predicted octanol–water partition coefficient (Wildman–Crippen LogP) is 2.47. The lowest BCUT2D eigenvalue weighted by atomic mass is 9.97. The highest BCUT2D eigenvalue weighted by Crippen LogP contribution is 2.50. The Morgan fingerprint density at radius 3 is 2.56 bits per heavy atom. The molecule has 0 aromatic carbocycles. The number of nitrogens with zero attached hydrogens (tertiary/aromatic N) is 4. The van der Waals surface area contributed by atoms with Crippen LogP contribution in [0.4, 0.5) is 0 Å². The molecule has 2 aliphatic heterocycles. The molecule has 140 valence electrons. The molecule has 2 aliphatic rings. The van der Waals surface area contributed by atoms with Gasteiger partial charge in [-0.2, -0.15) is 0 Å². The summed E-state index contributed by atoms with van der Waals surface area (Å²) in [5.74, 6) is -0.657. The van der Waals surface area contributed by atoms with E-state index in [0.29, 0.717) is 11.7 Å². The van der Waals surface area contributed by atoms with E-state index < -0.39 is 17.6 Å². The molecule has 7 nitrogen and oxygen atoms in total. The van der Waals surface area contributed by atoms with Gasteiger partial charge in [0.25, 0.3) is 0 Å². The van der Waals surface area contributed by atoms with Gasteiger partial charge in [-0.15, -0.1) is 16.9 Å². The maximum Gasteiger partial charge on any atom is 0.207 e. The van der Waals surface area contributed by atoms with Crippen molar-refractivity contribution in [2.24, 2.45) is 4.99 Å². The van der Waals surface area contributed by atoms with E-state index in [1.165, 1.54) is 11.8 Å². The molecular weight excluding hydrogens is 360 g/mol. The van der Waals surface area contributed by atoms with Gasteiger partial charge in [-0.3, -0.25) is 4.99 Å². The fraction of sp³-hybridized carbons (Fsp3) is 0.812. The van der Waals surface area contributed by atoms with Gasteiger partial charge in [0.05, 0.1) is 6.10 Å². The Balaban J connectivity index is 2.17. The van der Waals surface area contributed by atoms with Gasteiger partial charge in [-0.1, -0.05) is 11.8 Å². The molecule has 3 rings (SSSR count). The molecule has 1 aromatic heterocycles. The summed E-state index contributed by atoms with van der Waals surface area (Å²) in [4.78, 5) is 9.22. The first kappa shape index (κ1) is 19.2. The molecule has 25 heavy (non-hydrogen) atoms. The van der Waals surface area contributed by atoms with E-state index in [1.54, 1.807) is 11.8 Å². The highest BCUT2D eigenvalue weighted by Gasteiger charge is 2.63. The zero-order chi connectivity index (χ0) is 18.4. The van der Waals surface area contributed by atoms with Crippen LogP contribution < -0.4 is 5.49 Å². The molecule has 2 fully saturated rings. The van der Waals surface area contributed by atoms with Gasteiger partial charge in [0, 0.05) is 6.54 Å². The van der Waals surface area contributed by atoms with Gasteiger partial charge in [0.1, 0.15) is 16.7 Å². The highest BCUT2D eigenvalue weighted by molar-refractivity contribution is 7.99. The lowest BCUT2D eigenvalue weighted by Crippen LogP contribution is -2.45. The van der Waals surface area contributed by atoms with Crippen molar-refractivity contribution < 1.29 is 14.2 Å². The van der Waals surface area contributed by atoms with Gasteiger partial charge in [-0.05, 0) is 47.1 Å². The van der Waals surface area contributed by atoms with Crippen LogP contribution in [-0.2, 0) is 14.2 Å². The van der Waals surface area contributed by atoms with Crippen molar-refractivity contribution in [2.75, 3.05) is 19.1 Å². The fourth-order valence-electron chi connectivity index (χ4n) is 3.57. The molecule has 2 unspecified atom stereocenters. The van der Waals surface area contributed by atoms with Crippen LogP contribution in [0.15, 0.2) is 15.2 Å². The molecule has 0 saturated carbocycles.